The standard InChI is InChI=1S/C17H15N3O/c1-12-4-2-6-14(10-12)21-9-8-16-19-15-7-3-5-13(11-18)17(15)20-16/h2-7,10H,8-9H2,1H3,(H,19,20). The fourth-order valence-electron chi connectivity index (χ4n) is 2.26. The third kappa shape index (κ3) is 2.87. The number of nitrogens with zero attached hydrogens (tertiary/aromatic N) is 2. The normalized spacial score (nSPS) is 10.5. The average molecular weight is 277 g/mol. The van der Waals surface area contributed by atoms with Gasteiger partial charge < -0.3 is 9.72 Å². The number of benzene rings is 2. The first-order valence-corrected chi connectivity index (χ1v) is 6.83. The second-order valence-corrected chi connectivity index (χ2v) is 4.91. The molecule has 0 amide bonds. The number of aromatic amines is 1. The summed E-state index contributed by atoms with van der Waals surface area (Å²) in [6.07, 6.45) is 0.674. The summed E-state index contributed by atoms with van der Waals surface area (Å²) in [6, 6.07) is 15.7. The smallest absolute Gasteiger partial charge is 0.119 e. The van der Waals surface area contributed by atoms with Gasteiger partial charge in [0.2, 0.25) is 0 Å². The lowest BCUT2D eigenvalue weighted by Crippen LogP contribution is -2.02. The lowest BCUT2D eigenvalue weighted by molar-refractivity contribution is 0.319. The van der Waals surface area contributed by atoms with Crippen molar-refractivity contribution in [3.63, 3.8) is 0 Å². The molecule has 0 radical (unpaired) electrons. The minimum Gasteiger partial charge on any atom is -0.493 e. The van der Waals surface area contributed by atoms with Crippen molar-refractivity contribution in [2.45, 2.75) is 13.3 Å². The molecule has 0 aliphatic heterocycles. The predicted octanol–water partition coefficient (Wildman–Crippen LogP) is 3.36. The molecule has 0 aliphatic rings. The van der Waals surface area contributed by atoms with Gasteiger partial charge in [0.15, 0.2) is 0 Å². The number of rotatable bonds is 4. The molecular formula is C17H15N3O. The highest BCUT2D eigenvalue weighted by Gasteiger charge is 2.07. The summed E-state index contributed by atoms with van der Waals surface area (Å²) in [7, 11) is 0. The van der Waals surface area contributed by atoms with E-state index in [4.69, 9.17) is 10.00 Å². The molecule has 1 aromatic heterocycles. The topological polar surface area (TPSA) is 61.7 Å². The van der Waals surface area contributed by atoms with Gasteiger partial charge in [0.1, 0.15) is 23.2 Å². The predicted molar refractivity (Wildman–Crippen MR) is 81.2 cm³/mol. The Morgan fingerprint density at radius 2 is 2.10 bits per heavy atom. The molecule has 3 rings (SSSR count). The molecule has 0 fully saturated rings. The largest absolute Gasteiger partial charge is 0.493 e. The van der Waals surface area contributed by atoms with Crippen molar-refractivity contribution in [3.8, 4) is 11.8 Å². The first-order chi connectivity index (χ1) is 10.3. The number of aromatic nitrogens is 2. The van der Waals surface area contributed by atoms with Crippen LogP contribution in [0.15, 0.2) is 42.5 Å². The number of para-hydroxylation sites is 1. The maximum Gasteiger partial charge on any atom is 0.119 e. The van der Waals surface area contributed by atoms with Crippen molar-refractivity contribution >= 4 is 11.0 Å². The van der Waals surface area contributed by atoms with Gasteiger partial charge in [-0.2, -0.15) is 5.26 Å². The average Bonchev–Trinajstić information content (AvgIpc) is 2.90. The molecule has 4 heteroatoms. The van der Waals surface area contributed by atoms with E-state index in [-0.39, 0.29) is 0 Å². The number of ether oxygens (including phenoxy) is 1. The third-order valence-electron chi connectivity index (χ3n) is 3.28. The van der Waals surface area contributed by atoms with Gasteiger partial charge in [0.25, 0.3) is 0 Å². The van der Waals surface area contributed by atoms with Crippen LogP contribution in [0, 0.1) is 18.3 Å². The molecule has 0 saturated carbocycles. The highest BCUT2D eigenvalue weighted by atomic mass is 16.5. The molecule has 21 heavy (non-hydrogen) atoms. The number of nitrogens with one attached hydrogen (secondary N) is 1. The maximum absolute atomic E-state index is 9.07. The first-order valence-electron chi connectivity index (χ1n) is 6.83. The molecule has 0 saturated heterocycles. The summed E-state index contributed by atoms with van der Waals surface area (Å²) >= 11 is 0. The minimum atomic E-state index is 0.547. The molecule has 0 atom stereocenters. The van der Waals surface area contributed by atoms with Gasteiger partial charge in [-0.05, 0) is 36.8 Å². The van der Waals surface area contributed by atoms with Crippen LogP contribution in [-0.2, 0) is 6.42 Å². The number of imidazole rings is 1. The Labute approximate surface area is 123 Å². The molecule has 0 aliphatic carbocycles. The third-order valence-corrected chi connectivity index (χ3v) is 3.28. The second kappa shape index (κ2) is 5.68. The van der Waals surface area contributed by atoms with Gasteiger partial charge in [0.05, 0.1) is 17.7 Å². The van der Waals surface area contributed by atoms with E-state index < -0.39 is 0 Å². The zero-order valence-electron chi connectivity index (χ0n) is 11.8. The highest BCUT2D eigenvalue weighted by Crippen LogP contribution is 2.16. The first kappa shape index (κ1) is 13.2. The van der Waals surface area contributed by atoms with Crippen LogP contribution >= 0.6 is 0 Å². The highest BCUT2D eigenvalue weighted by molar-refractivity contribution is 5.81. The van der Waals surface area contributed by atoms with Gasteiger partial charge >= 0.3 is 0 Å². The Morgan fingerprint density at radius 1 is 1.24 bits per heavy atom. The summed E-state index contributed by atoms with van der Waals surface area (Å²) in [4.78, 5) is 7.70. The van der Waals surface area contributed by atoms with Crippen LogP contribution < -0.4 is 4.74 Å². The van der Waals surface area contributed by atoms with Crippen LogP contribution in [0.2, 0.25) is 0 Å². The summed E-state index contributed by atoms with van der Waals surface area (Å²) in [5.74, 6) is 1.70. The number of hydrogen-bond acceptors (Lipinski definition) is 3. The van der Waals surface area contributed by atoms with Gasteiger partial charge in [-0.25, -0.2) is 4.98 Å². The van der Waals surface area contributed by atoms with Gasteiger partial charge in [-0.1, -0.05) is 18.2 Å². The summed E-state index contributed by atoms with van der Waals surface area (Å²) in [5.41, 5.74) is 3.38. The van der Waals surface area contributed by atoms with Crippen LogP contribution in [0.5, 0.6) is 5.75 Å². The summed E-state index contributed by atoms with van der Waals surface area (Å²) < 4.78 is 5.72. The van der Waals surface area contributed by atoms with E-state index in [1.807, 2.05) is 43.3 Å². The number of hydrogen-bond donors (Lipinski definition) is 1. The van der Waals surface area contributed by atoms with Crippen LogP contribution in [0.4, 0.5) is 0 Å². The Morgan fingerprint density at radius 3 is 2.90 bits per heavy atom. The van der Waals surface area contributed by atoms with Crippen molar-refractivity contribution in [1.29, 1.82) is 5.26 Å². The van der Waals surface area contributed by atoms with E-state index in [0.29, 0.717) is 18.6 Å². The van der Waals surface area contributed by atoms with Crippen LogP contribution in [-0.4, -0.2) is 16.6 Å². The monoisotopic (exact) mass is 277 g/mol. The summed E-state index contributed by atoms with van der Waals surface area (Å²) in [6.45, 7) is 2.58. The molecule has 104 valence electrons. The van der Waals surface area contributed by atoms with E-state index >= 15 is 0 Å². The SMILES string of the molecule is Cc1cccc(OCCc2nc3c(C#N)cccc3[nH]2)c1. The van der Waals surface area contributed by atoms with E-state index in [0.717, 1.165) is 22.6 Å². The van der Waals surface area contributed by atoms with Crippen molar-refractivity contribution < 1.29 is 4.74 Å². The lowest BCUT2D eigenvalue weighted by Gasteiger charge is -2.05. The van der Waals surface area contributed by atoms with Crippen molar-refractivity contribution in [2.75, 3.05) is 6.61 Å². The molecular weight excluding hydrogens is 262 g/mol. The number of fused-ring (bicyclic) bond motifs is 1. The van der Waals surface area contributed by atoms with Gasteiger partial charge in [0, 0.05) is 6.42 Å². The fraction of sp³-hybridized carbons (Fsp3) is 0.176. The summed E-state index contributed by atoms with van der Waals surface area (Å²) in [5, 5.41) is 9.07. The number of aryl methyl sites for hydroxylation is 1. The Balaban J connectivity index is 1.70. The Kier molecular flexibility index (Phi) is 3.57. The van der Waals surface area contributed by atoms with Crippen molar-refractivity contribution in [3.05, 3.63) is 59.4 Å². The Bertz CT molecular complexity index is 814. The van der Waals surface area contributed by atoms with E-state index in [9.17, 15) is 0 Å². The molecule has 4 nitrogen and oxygen atoms in total. The number of H-pyrrole nitrogens is 1. The van der Waals surface area contributed by atoms with Crippen molar-refractivity contribution in [1.82, 2.24) is 9.97 Å². The molecule has 2 aromatic carbocycles. The van der Waals surface area contributed by atoms with E-state index in [1.54, 1.807) is 6.07 Å². The van der Waals surface area contributed by atoms with E-state index in [1.165, 1.54) is 5.56 Å². The molecule has 0 bridgehead atoms. The Hall–Kier alpha value is -2.80. The maximum atomic E-state index is 9.07. The molecule has 3 aromatic rings. The van der Waals surface area contributed by atoms with Crippen LogP contribution in [0.25, 0.3) is 11.0 Å². The molecule has 1 heterocycles. The number of nitriles is 1. The molecule has 0 spiro atoms. The lowest BCUT2D eigenvalue weighted by atomic mass is 10.2. The molecule has 1 N–H and O–H groups in total. The zero-order valence-corrected chi connectivity index (χ0v) is 11.8. The molecule has 0 unspecified atom stereocenters. The second-order valence-electron chi connectivity index (χ2n) is 4.91. The minimum absolute atomic E-state index is 0.547. The van der Waals surface area contributed by atoms with Crippen LogP contribution in [0.3, 0.4) is 0 Å². The van der Waals surface area contributed by atoms with Gasteiger partial charge in [-0.3, -0.25) is 0 Å². The van der Waals surface area contributed by atoms with E-state index in [2.05, 4.69) is 16.0 Å². The fourth-order valence-corrected chi connectivity index (χ4v) is 2.26. The zero-order chi connectivity index (χ0) is 14.7. The van der Waals surface area contributed by atoms with Crippen molar-refractivity contribution in [2.24, 2.45) is 0 Å². The van der Waals surface area contributed by atoms with Crippen LogP contribution in [0.1, 0.15) is 17.0 Å². The quantitative estimate of drug-likeness (QED) is 0.795. The van der Waals surface area contributed by atoms with Gasteiger partial charge in [-0.15, -0.1) is 0 Å².